The average Bonchev–Trinajstić information content (AvgIpc) is 2.87. The van der Waals surface area contributed by atoms with Gasteiger partial charge in [0.15, 0.2) is 5.65 Å². The van der Waals surface area contributed by atoms with E-state index in [-0.39, 0.29) is 18.4 Å². The molecule has 2 amide bonds. The van der Waals surface area contributed by atoms with Crippen molar-refractivity contribution in [3.8, 4) is 0 Å². The number of anilines is 1. The van der Waals surface area contributed by atoms with Crippen molar-refractivity contribution in [2.45, 2.75) is 19.9 Å². The Morgan fingerprint density at radius 2 is 2.10 bits per heavy atom. The Kier molecular flexibility index (Phi) is 4.49. The zero-order valence-electron chi connectivity index (χ0n) is 11.9. The van der Waals surface area contributed by atoms with Crippen molar-refractivity contribution in [1.29, 1.82) is 0 Å². The lowest BCUT2D eigenvalue weighted by Crippen LogP contribution is -2.46. The lowest BCUT2D eigenvalue weighted by atomic mass is 10.1. The molecule has 8 nitrogen and oxygen atoms in total. The highest BCUT2D eigenvalue weighted by Gasteiger charge is 2.18. The molecule has 0 aliphatic heterocycles. The maximum atomic E-state index is 11.8. The summed E-state index contributed by atoms with van der Waals surface area (Å²) in [5.74, 6) is -0.435. The van der Waals surface area contributed by atoms with Gasteiger partial charge in [-0.2, -0.15) is 0 Å². The summed E-state index contributed by atoms with van der Waals surface area (Å²) < 4.78 is 1.64. The number of fused-ring (bicyclic) bond motifs is 1. The third-order valence-corrected chi connectivity index (χ3v) is 3.01. The Labute approximate surface area is 121 Å². The molecule has 2 rings (SSSR count). The number of aromatic nitrogens is 3. The molecule has 0 fully saturated rings. The minimum absolute atomic E-state index is 0.00787. The van der Waals surface area contributed by atoms with E-state index in [1.54, 1.807) is 22.7 Å². The van der Waals surface area contributed by atoms with Crippen LogP contribution in [0.2, 0.25) is 0 Å². The second kappa shape index (κ2) is 6.31. The van der Waals surface area contributed by atoms with E-state index in [1.807, 2.05) is 19.9 Å². The Hall–Kier alpha value is -2.48. The normalized spacial score (nSPS) is 12.4. The lowest BCUT2D eigenvalue weighted by molar-refractivity contribution is -0.125. The molecule has 0 aliphatic rings. The number of hydrogen-bond donors (Lipinski definition) is 3. The highest BCUT2D eigenvalue weighted by Crippen LogP contribution is 2.06. The first kappa shape index (κ1) is 14.9. The summed E-state index contributed by atoms with van der Waals surface area (Å²) in [5, 5.41) is 12.9. The SMILES string of the molecule is CC(C)[C@H](N)C(=O)NCC(=O)Nc1nnc2ccccn12. The number of hydrogen-bond acceptors (Lipinski definition) is 5. The monoisotopic (exact) mass is 290 g/mol. The van der Waals surface area contributed by atoms with E-state index in [0.29, 0.717) is 11.6 Å². The van der Waals surface area contributed by atoms with Crippen LogP contribution in [0.15, 0.2) is 24.4 Å². The summed E-state index contributed by atoms with van der Waals surface area (Å²) in [6, 6.07) is 4.76. The van der Waals surface area contributed by atoms with Crippen LogP contribution in [0.25, 0.3) is 5.65 Å². The highest BCUT2D eigenvalue weighted by atomic mass is 16.2. The number of amides is 2. The molecule has 8 heteroatoms. The second-order valence-electron chi connectivity index (χ2n) is 4.99. The maximum absolute atomic E-state index is 11.8. The molecule has 0 radical (unpaired) electrons. The number of carbonyl (C=O) groups is 2. The van der Waals surface area contributed by atoms with Crippen molar-refractivity contribution in [2.75, 3.05) is 11.9 Å². The summed E-state index contributed by atoms with van der Waals surface area (Å²) in [6.07, 6.45) is 1.73. The maximum Gasteiger partial charge on any atom is 0.246 e. The van der Waals surface area contributed by atoms with Gasteiger partial charge in [0.2, 0.25) is 17.8 Å². The van der Waals surface area contributed by atoms with Gasteiger partial charge in [-0.1, -0.05) is 19.9 Å². The van der Waals surface area contributed by atoms with Crippen LogP contribution in [0.3, 0.4) is 0 Å². The Balaban J connectivity index is 1.92. The Morgan fingerprint density at radius 3 is 2.81 bits per heavy atom. The first-order valence-electron chi connectivity index (χ1n) is 6.62. The molecule has 2 aromatic rings. The van der Waals surface area contributed by atoms with Crippen molar-refractivity contribution < 1.29 is 9.59 Å². The van der Waals surface area contributed by atoms with Gasteiger partial charge in [0.05, 0.1) is 12.6 Å². The zero-order valence-corrected chi connectivity index (χ0v) is 11.9. The average molecular weight is 290 g/mol. The molecule has 21 heavy (non-hydrogen) atoms. The Bertz CT molecular complexity index is 651. The quantitative estimate of drug-likeness (QED) is 0.703. The number of nitrogens with one attached hydrogen (secondary N) is 2. The predicted molar refractivity (Wildman–Crippen MR) is 77.4 cm³/mol. The first-order valence-corrected chi connectivity index (χ1v) is 6.62. The van der Waals surface area contributed by atoms with Gasteiger partial charge in [0.1, 0.15) is 0 Å². The third-order valence-electron chi connectivity index (χ3n) is 3.01. The summed E-state index contributed by atoms with van der Waals surface area (Å²) in [6.45, 7) is 3.51. The molecule has 112 valence electrons. The van der Waals surface area contributed by atoms with Crippen LogP contribution in [0.4, 0.5) is 5.95 Å². The van der Waals surface area contributed by atoms with Crippen LogP contribution < -0.4 is 16.4 Å². The molecule has 0 spiro atoms. The van der Waals surface area contributed by atoms with Crippen molar-refractivity contribution in [1.82, 2.24) is 19.9 Å². The van der Waals surface area contributed by atoms with Gasteiger partial charge >= 0.3 is 0 Å². The van der Waals surface area contributed by atoms with E-state index >= 15 is 0 Å². The van der Waals surface area contributed by atoms with Crippen LogP contribution >= 0.6 is 0 Å². The van der Waals surface area contributed by atoms with Gasteiger partial charge in [0.25, 0.3) is 0 Å². The molecule has 4 N–H and O–H groups in total. The van der Waals surface area contributed by atoms with Crippen LogP contribution in [-0.4, -0.2) is 39.0 Å². The standard InChI is InChI=1S/C13H18N6O2/c1-8(2)11(14)12(21)15-7-10(20)16-13-18-17-9-5-3-4-6-19(9)13/h3-6,8,11H,7,14H2,1-2H3,(H,15,21)(H,16,18,20)/t11-/m0/s1. The summed E-state index contributed by atoms with van der Waals surface area (Å²) in [4.78, 5) is 23.5. The molecule has 0 aliphatic carbocycles. The first-order chi connectivity index (χ1) is 9.99. The summed E-state index contributed by atoms with van der Waals surface area (Å²) in [5.41, 5.74) is 6.31. The molecule has 1 atom stereocenters. The van der Waals surface area contributed by atoms with Crippen LogP contribution in [-0.2, 0) is 9.59 Å². The minimum Gasteiger partial charge on any atom is -0.346 e. The highest BCUT2D eigenvalue weighted by molar-refractivity contribution is 5.94. The van der Waals surface area contributed by atoms with Gasteiger partial charge in [0, 0.05) is 6.20 Å². The number of nitrogens with two attached hydrogens (primary N) is 1. The van der Waals surface area contributed by atoms with Crippen molar-refractivity contribution in [2.24, 2.45) is 11.7 Å². The summed E-state index contributed by atoms with van der Waals surface area (Å²) in [7, 11) is 0. The number of pyridine rings is 1. The third kappa shape index (κ3) is 3.54. The van der Waals surface area contributed by atoms with Crippen LogP contribution in [0.1, 0.15) is 13.8 Å². The van der Waals surface area contributed by atoms with Gasteiger partial charge < -0.3 is 11.1 Å². The molecule has 0 aromatic carbocycles. The van der Waals surface area contributed by atoms with Gasteiger partial charge in [-0.25, -0.2) is 0 Å². The van der Waals surface area contributed by atoms with Gasteiger partial charge in [-0.3, -0.25) is 19.3 Å². The van der Waals surface area contributed by atoms with Gasteiger partial charge in [-0.05, 0) is 18.1 Å². The lowest BCUT2D eigenvalue weighted by Gasteiger charge is -2.14. The molecule has 0 saturated carbocycles. The molecule has 2 aromatic heterocycles. The number of rotatable bonds is 5. The number of carbonyl (C=O) groups excluding carboxylic acids is 2. The van der Waals surface area contributed by atoms with Crippen molar-refractivity contribution in [3.05, 3.63) is 24.4 Å². The smallest absolute Gasteiger partial charge is 0.246 e. The molecule has 2 heterocycles. The topological polar surface area (TPSA) is 114 Å². The number of nitrogens with zero attached hydrogens (tertiary/aromatic N) is 3. The second-order valence-corrected chi connectivity index (χ2v) is 4.99. The minimum atomic E-state index is -0.633. The molecule has 0 saturated heterocycles. The van der Waals surface area contributed by atoms with E-state index in [9.17, 15) is 9.59 Å². The molecule has 0 unspecified atom stereocenters. The fourth-order valence-electron chi connectivity index (χ4n) is 1.68. The Morgan fingerprint density at radius 1 is 1.33 bits per heavy atom. The molecular weight excluding hydrogens is 272 g/mol. The van der Waals surface area contributed by atoms with Gasteiger partial charge in [-0.15, -0.1) is 10.2 Å². The van der Waals surface area contributed by atoms with E-state index in [0.717, 1.165) is 0 Å². The fraction of sp³-hybridized carbons (Fsp3) is 0.385. The van der Waals surface area contributed by atoms with Crippen LogP contribution in [0, 0.1) is 5.92 Å². The predicted octanol–water partition coefficient (Wildman–Crippen LogP) is -0.233. The fourth-order valence-corrected chi connectivity index (χ4v) is 1.68. The largest absolute Gasteiger partial charge is 0.346 e. The summed E-state index contributed by atoms with van der Waals surface area (Å²) >= 11 is 0. The van der Waals surface area contributed by atoms with Crippen molar-refractivity contribution in [3.63, 3.8) is 0 Å². The van der Waals surface area contributed by atoms with E-state index in [2.05, 4.69) is 20.8 Å². The van der Waals surface area contributed by atoms with E-state index in [4.69, 9.17) is 5.73 Å². The van der Waals surface area contributed by atoms with Crippen LogP contribution in [0.5, 0.6) is 0 Å². The molecular formula is C13H18N6O2. The van der Waals surface area contributed by atoms with E-state index < -0.39 is 11.9 Å². The zero-order chi connectivity index (χ0) is 15.4. The van der Waals surface area contributed by atoms with E-state index in [1.165, 1.54) is 0 Å². The molecule has 0 bridgehead atoms. The van der Waals surface area contributed by atoms with Crippen molar-refractivity contribution >= 4 is 23.4 Å².